The Hall–Kier alpha value is -2.14. The maximum Gasteiger partial charge on any atom is 0.225 e. The van der Waals surface area contributed by atoms with Gasteiger partial charge in [-0.3, -0.25) is 4.79 Å². The van der Waals surface area contributed by atoms with Gasteiger partial charge in [-0.2, -0.15) is 11.8 Å². The number of carbonyl (C=O) groups is 1. The van der Waals surface area contributed by atoms with E-state index in [1.165, 1.54) is 24.0 Å². The van der Waals surface area contributed by atoms with Gasteiger partial charge in [-0.15, -0.1) is 0 Å². The van der Waals surface area contributed by atoms with Crippen molar-refractivity contribution in [2.24, 2.45) is 0 Å². The molecule has 5 heteroatoms. The summed E-state index contributed by atoms with van der Waals surface area (Å²) in [5, 5.41) is 3.00. The van der Waals surface area contributed by atoms with Crippen LogP contribution in [0.25, 0.3) is 0 Å². The van der Waals surface area contributed by atoms with Crippen LogP contribution in [0.3, 0.4) is 0 Å². The van der Waals surface area contributed by atoms with E-state index in [4.69, 9.17) is 9.47 Å². The van der Waals surface area contributed by atoms with Gasteiger partial charge in [0.05, 0.1) is 13.7 Å². The van der Waals surface area contributed by atoms with Gasteiger partial charge in [0.25, 0.3) is 0 Å². The number of fused-ring (bicyclic) bond motifs is 1. The van der Waals surface area contributed by atoms with Crippen LogP contribution in [0.1, 0.15) is 24.0 Å². The molecule has 26 heavy (non-hydrogen) atoms. The molecule has 1 amide bonds. The predicted molar refractivity (Wildman–Crippen MR) is 108 cm³/mol. The number of amides is 1. The van der Waals surface area contributed by atoms with E-state index in [0.717, 1.165) is 35.1 Å². The first-order valence-electron chi connectivity index (χ1n) is 9.01. The smallest absolute Gasteiger partial charge is 0.225 e. The van der Waals surface area contributed by atoms with Crippen LogP contribution in [-0.2, 0) is 17.6 Å². The number of aryl methyl sites for hydroxylation is 2. The summed E-state index contributed by atoms with van der Waals surface area (Å²) < 4.78 is 10.8. The first kappa shape index (κ1) is 18.6. The molecule has 0 aliphatic heterocycles. The zero-order valence-corrected chi connectivity index (χ0v) is 15.9. The first-order chi connectivity index (χ1) is 12.7. The number of methoxy groups -OCH3 is 1. The molecule has 0 saturated carbocycles. The summed E-state index contributed by atoms with van der Waals surface area (Å²) in [6, 6.07) is 13.8. The Morgan fingerprint density at radius 1 is 1.04 bits per heavy atom. The van der Waals surface area contributed by atoms with Gasteiger partial charge >= 0.3 is 0 Å². The van der Waals surface area contributed by atoms with Crippen molar-refractivity contribution in [1.29, 1.82) is 0 Å². The van der Waals surface area contributed by atoms with E-state index in [0.29, 0.717) is 13.0 Å². The lowest BCUT2D eigenvalue weighted by Crippen LogP contribution is -2.13. The van der Waals surface area contributed by atoms with Crippen molar-refractivity contribution in [1.82, 2.24) is 0 Å². The van der Waals surface area contributed by atoms with Gasteiger partial charge in [0.1, 0.15) is 11.5 Å². The molecule has 0 aromatic heterocycles. The highest BCUT2D eigenvalue weighted by molar-refractivity contribution is 7.99. The van der Waals surface area contributed by atoms with E-state index in [1.54, 1.807) is 18.9 Å². The second kappa shape index (κ2) is 9.53. The second-order valence-electron chi connectivity index (χ2n) is 6.27. The molecule has 0 unspecified atom stereocenters. The first-order valence-corrected chi connectivity index (χ1v) is 10.2. The van der Waals surface area contributed by atoms with E-state index < -0.39 is 0 Å². The average molecular weight is 372 g/mol. The van der Waals surface area contributed by atoms with Crippen molar-refractivity contribution in [2.75, 3.05) is 30.5 Å². The minimum absolute atomic E-state index is 0.0755. The highest BCUT2D eigenvalue weighted by atomic mass is 32.2. The van der Waals surface area contributed by atoms with Gasteiger partial charge in [-0.25, -0.2) is 0 Å². The van der Waals surface area contributed by atoms with E-state index in [-0.39, 0.29) is 5.91 Å². The molecule has 0 radical (unpaired) electrons. The molecule has 2 aromatic rings. The third-order valence-electron chi connectivity index (χ3n) is 4.41. The Bertz CT molecular complexity index is 731. The summed E-state index contributed by atoms with van der Waals surface area (Å²) in [6.45, 7) is 0.628. The Morgan fingerprint density at radius 3 is 2.62 bits per heavy atom. The zero-order valence-electron chi connectivity index (χ0n) is 15.1. The molecule has 1 N–H and O–H groups in total. The molecule has 0 heterocycles. The van der Waals surface area contributed by atoms with Crippen LogP contribution in [0, 0.1) is 0 Å². The molecule has 4 nitrogen and oxygen atoms in total. The summed E-state index contributed by atoms with van der Waals surface area (Å²) in [6.07, 6.45) is 4.04. The largest absolute Gasteiger partial charge is 0.497 e. The fraction of sp³-hybridized carbons (Fsp3) is 0.381. The summed E-state index contributed by atoms with van der Waals surface area (Å²) in [5.74, 6) is 3.38. The van der Waals surface area contributed by atoms with Gasteiger partial charge in [-0.05, 0) is 66.8 Å². The SMILES string of the molecule is COc1ccc(OCCSCCC(=O)Nc2ccc3c(c2)CCC3)cc1. The zero-order chi connectivity index (χ0) is 18.2. The van der Waals surface area contributed by atoms with Crippen molar-refractivity contribution in [3.05, 3.63) is 53.6 Å². The van der Waals surface area contributed by atoms with Gasteiger partial charge in [0.15, 0.2) is 0 Å². The quantitative estimate of drug-likeness (QED) is 0.667. The van der Waals surface area contributed by atoms with E-state index >= 15 is 0 Å². The van der Waals surface area contributed by atoms with Crippen molar-refractivity contribution < 1.29 is 14.3 Å². The number of nitrogens with one attached hydrogen (secondary N) is 1. The van der Waals surface area contributed by atoms with Gasteiger partial charge in [0.2, 0.25) is 5.91 Å². The molecule has 0 atom stereocenters. The van der Waals surface area contributed by atoms with Crippen LogP contribution in [0.15, 0.2) is 42.5 Å². The highest BCUT2D eigenvalue weighted by Crippen LogP contribution is 2.25. The highest BCUT2D eigenvalue weighted by Gasteiger charge is 2.11. The number of anilines is 1. The van der Waals surface area contributed by atoms with Gasteiger partial charge < -0.3 is 14.8 Å². The lowest BCUT2D eigenvalue weighted by atomic mass is 10.1. The number of ether oxygens (including phenoxy) is 2. The Balaban J connectivity index is 1.29. The third-order valence-corrected chi connectivity index (χ3v) is 5.36. The average Bonchev–Trinajstić information content (AvgIpc) is 3.13. The van der Waals surface area contributed by atoms with Crippen molar-refractivity contribution >= 4 is 23.4 Å². The molecular weight excluding hydrogens is 346 g/mol. The third kappa shape index (κ3) is 5.43. The predicted octanol–water partition coefficient (Wildman–Crippen LogP) is 4.32. The minimum Gasteiger partial charge on any atom is -0.497 e. The summed E-state index contributed by atoms with van der Waals surface area (Å²) in [4.78, 5) is 12.1. The Labute approximate surface area is 159 Å². The molecule has 0 fully saturated rings. The van der Waals surface area contributed by atoms with Crippen LogP contribution < -0.4 is 14.8 Å². The van der Waals surface area contributed by atoms with Crippen LogP contribution in [0.5, 0.6) is 11.5 Å². The standard InChI is InChI=1S/C21H25NO3S/c1-24-19-7-9-20(10-8-19)25-12-14-26-13-11-21(23)22-18-6-5-16-3-2-4-17(16)15-18/h5-10,15H,2-4,11-14H2,1H3,(H,22,23). The van der Waals surface area contributed by atoms with Gasteiger partial charge in [0, 0.05) is 23.6 Å². The molecule has 0 spiro atoms. The van der Waals surface area contributed by atoms with E-state index in [1.807, 2.05) is 30.3 Å². The van der Waals surface area contributed by atoms with Crippen LogP contribution in [0.2, 0.25) is 0 Å². The lowest BCUT2D eigenvalue weighted by molar-refractivity contribution is -0.115. The topological polar surface area (TPSA) is 47.6 Å². The number of carbonyl (C=O) groups excluding carboxylic acids is 1. The lowest BCUT2D eigenvalue weighted by Gasteiger charge is -2.08. The van der Waals surface area contributed by atoms with Crippen LogP contribution in [0.4, 0.5) is 5.69 Å². The van der Waals surface area contributed by atoms with E-state index in [9.17, 15) is 4.79 Å². The number of hydrogen-bond donors (Lipinski definition) is 1. The van der Waals surface area contributed by atoms with Crippen molar-refractivity contribution in [2.45, 2.75) is 25.7 Å². The monoisotopic (exact) mass is 371 g/mol. The molecule has 2 aromatic carbocycles. The summed E-state index contributed by atoms with van der Waals surface area (Å²) in [5.41, 5.74) is 3.73. The van der Waals surface area contributed by atoms with Crippen molar-refractivity contribution in [3.63, 3.8) is 0 Å². The fourth-order valence-corrected chi connectivity index (χ4v) is 3.77. The van der Waals surface area contributed by atoms with Gasteiger partial charge in [-0.1, -0.05) is 6.07 Å². The second-order valence-corrected chi connectivity index (χ2v) is 7.50. The molecule has 0 saturated heterocycles. The number of hydrogen-bond acceptors (Lipinski definition) is 4. The molecule has 0 bridgehead atoms. The molecular formula is C21H25NO3S. The van der Waals surface area contributed by atoms with Crippen molar-refractivity contribution in [3.8, 4) is 11.5 Å². The Morgan fingerprint density at radius 2 is 1.81 bits per heavy atom. The summed E-state index contributed by atoms with van der Waals surface area (Å²) >= 11 is 1.73. The molecule has 1 aliphatic rings. The minimum atomic E-state index is 0.0755. The van der Waals surface area contributed by atoms with Crippen LogP contribution in [-0.4, -0.2) is 31.1 Å². The maximum atomic E-state index is 12.1. The fourth-order valence-electron chi connectivity index (χ4n) is 3.03. The maximum absolute atomic E-state index is 12.1. The number of thioether (sulfide) groups is 1. The number of rotatable bonds is 9. The molecule has 3 rings (SSSR count). The summed E-state index contributed by atoms with van der Waals surface area (Å²) in [7, 11) is 1.65. The Kier molecular flexibility index (Phi) is 6.83. The molecule has 1 aliphatic carbocycles. The number of benzene rings is 2. The van der Waals surface area contributed by atoms with E-state index in [2.05, 4.69) is 17.4 Å². The molecule has 138 valence electrons. The normalized spacial score (nSPS) is 12.5. The van der Waals surface area contributed by atoms with Crippen LogP contribution >= 0.6 is 11.8 Å².